The van der Waals surface area contributed by atoms with Gasteiger partial charge in [-0.2, -0.15) is 9.36 Å². The topological polar surface area (TPSA) is 87.7 Å². The lowest BCUT2D eigenvalue weighted by atomic mass is 10.1. The van der Waals surface area contributed by atoms with E-state index in [9.17, 15) is 4.79 Å². The van der Waals surface area contributed by atoms with Gasteiger partial charge in [0.05, 0.1) is 11.4 Å². The second-order valence-electron chi connectivity index (χ2n) is 6.32. The number of aromatic nitrogens is 6. The number of aryl methyl sites for hydroxylation is 3. The van der Waals surface area contributed by atoms with E-state index in [2.05, 4.69) is 20.4 Å². The zero-order valence-electron chi connectivity index (χ0n) is 15.7. The van der Waals surface area contributed by atoms with Crippen molar-refractivity contribution in [3.05, 3.63) is 69.1 Å². The van der Waals surface area contributed by atoms with E-state index in [1.165, 1.54) is 20.7 Å². The SMILES string of the molecule is Cc1cccc(-c2csc(OCc3c(C)cccc3-n3nnn(C)c3=O)n2)n1. The van der Waals surface area contributed by atoms with Crippen LogP contribution in [0.25, 0.3) is 17.1 Å². The molecule has 3 aromatic heterocycles. The zero-order valence-corrected chi connectivity index (χ0v) is 16.5. The number of rotatable bonds is 5. The Balaban J connectivity index is 1.60. The lowest BCUT2D eigenvalue weighted by molar-refractivity contribution is 0.303. The highest BCUT2D eigenvalue weighted by molar-refractivity contribution is 7.11. The molecular formula is C19H18N6O2S. The smallest absolute Gasteiger partial charge is 0.368 e. The first-order valence-electron chi connectivity index (χ1n) is 8.63. The fourth-order valence-electron chi connectivity index (χ4n) is 2.80. The van der Waals surface area contributed by atoms with Gasteiger partial charge in [-0.1, -0.05) is 29.5 Å². The molecule has 0 radical (unpaired) electrons. The first-order valence-corrected chi connectivity index (χ1v) is 9.51. The maximum absolute atomic E-state index is 12.2. The summed E-state index contributed by atoms with van der Waals surface area (Å²) in [6.45, 7) is 4.17. The number of nitrogens with zero attached hydrogens (tertiary/aromatic N) is 6. The molecule has 0 N–H and O–H groups in total. The molecule has 3 heterocycles. The molecular weight excluding hydrogens is 376 g/mol. The van der Waals surface area contributed by atoms with Gasteiger partial charge in [0.25, 0.3) is 5.19 Å². The van der Waals surface area contributed by atoms with Crippen LogP contribution in [-0.4, -0.2) is 29.8 Å². The van der Waals surface area contributed by atoms with Crippen molar-refractivity contribution in [2.24, 2.45) is 7.05 Å². The highest BCUT2D eigenvalue weighted by atomic mass is 32.1. The number of benzene rings is 1. The fraction of sp³-hybridized carbons (Fsp3) is 0.211. The van der Waals surface area contributed by atoms with Gasteiger partial charge in [-0.15, -0.1) is 0 Å². The zero-order chi connectivity index (χ0) is 19.7. The minimum Gasteiger partial charge on any atom is -0.465 e. The molecule has 0 atom stereocenters. The molecule has 0 saturated heterocycles. The minimum atomic E-state index is -0.311. The summed E-state index contributed by atoms with van der Waals surface area (Å²) in [5, 5.41) is 10.2. The molecule has 8 nitrogen and oxygen atoms in total. The molecule has 4 aromatic rings. The summed E-state index contributed by atoms with van der Waals surface area (Å²) in [7, 11) is 1.56. The van der Waals surface area contributed by atoms with E-state index in [0.29, 0.717) is 10.9 Å². The Labute approximate surface area is 165 Å². The van der Waals surface area contributed by atoms with Crippen molar-refractivity contribution in [1.29, 1.82) is 0 Å². The first-order chi connectivity index (χ1) is 13.5. The lowest BCUT2D eigenvalue weighted by Gasteiger charge is -2.11. The largest absolute Gasteiger partial charge is 0.465 e. The Kier molecular flexibility index (Phi) is 4.74. The summed E-state index contributed by atoms with van der Waals surface area (Å²) in [6.07, 6.45) is 0. The first kappa shape index (κ1) is 18.1. The van der Waals surface area contributed by atoms with Gasteiger partial charge in [0.1, 0.15) is 12.3 Å². The van der Waals surface area contributed by atoms with Crippen LogP contribution >= 0.6 is 11.3 Å². The Hall–Kier alpha value is -3.33. The summed E-state index contributed by atoms with van der Waals surface area (Å²) in [5.41, 5.74) is 4.71. The molecule has 28 heavy (non-hydrogen) atoms. The van der Waals surface area contributed by atoms with E-state index >= 15 is 0 Å². The van der Waals surface area contributed by atoms with Crippen molar-refractivity contribution in [2.75, 3.05) is 0 Å². The van der Waals surface area contributed by atoms with Gasteiger partial charge >= 0.3 is 5.69 Å². The Morgan fingerprint density at radius 3 is 2.61 bits per heavy atom. The van der Waals surface area contributed by atoms with E-state index in [4.69, 9.17) is 4.74 Å². The summed E-state index contributed by atoms with van der Waals surface area (Å²) < 4.78 is 8.39. The third kappa shape index (κ3) is 3.44. The number of tetrazole rings is 1. The van der Waals surface area contributed by atoms with E-state index in [1.54, 1.807) is 7.05 Å². The standard InChI is InChI=1S/C19H18N6O2S/c1-12-6-4-9-17(25-19(26)24(3)22-23-25)14(12)10-27-18-21-16(11-28-18)15-8-5-7-13(2)20-15/h4-9,11H,10H2,1-3H3. The van der Waals surface area contributed by atoms with E-state index in [0.717, 1.165) is 28.2 Å². The monoisotopic (exact) mass is 394 g/mol. The van der Waals surface area contributed by atoms with Gasteiger partial charge in [0.15, 0.2) is 0 Å². The van der Waals surface area contributed by atoms with E-state index < -0.39 is 0 Å². The molecule has 4 rings (SSSR count). The predicted molar refractivity (Wildman–Crippen MR) is 106 cm³/mol. The van der Waals surface area contributed by atoms with Crippen LogP contribution in [0.1, 0.15) is 16.8 Å². The minimum absolute atomic E-state index is 0.263. The van der Waals surface area contributed by atoms with Crippen LogP contribution < -0.4 is 10.4 Å². The normalized spacial score (nSPS) is 11.0. The van der Waals surface area contributed by atoms with Crippen LogP contribution in [-0.2, 0) is 13.7 Å². The van der Waals surface area contributed by atoms with Crippen molar-refractivity contribution < 1.29 is 4.74 Å². The van der Waals surface area contributed by atoms with Crippen molar-refractivity contribution in [3.8, 4) is 22.3 Å². The number of hydrogen-bond donors (Lipinski definition) is 0. The van der Waals surface area contributed by atoms with Gasteiger partial charge in [0, 0.05) is 23.7 Å². The maximum atomic E-state index is 12.2. The molecule has 0 aliphatic rings. The van der Waals surface area contributed by atoms with Gasteiger partial charge in [0.2, 0.25) is 0 Å². The molecule has 0 aliphatic heterocycles. The number of ether oxygens (including phenoxy) is 1. The van der Waals surface area contributed by atoms with Crippen LogP contribution in [0.5, 0.6) is 5.19 Å². The molecule has 9 heteroatoms. The van der Waals surface area contributed by atoms with Crippen LogP contribution in [0, 0.1) is 13.8 Å². The Morgan fingerprint density at radius 1 is 1.04 bits per heavy atom. The fourth-order valence-corrected chi connectivity index (χ4v) is 3.46. The average Bonchev–Trinajstić information content (AvgIpc) is 3.28. The van der Waals surface area contributed by atoms with Gasteiger partial charge in [-0.3, -0.25) is 4.98 Å². The molecule has 142 valence electrons. The van der Waals surface area contributed by atoms with Crippen LogP contribution in [0.3, 0.4) is 0 Å². The summed E-state index contributed by atoms with van der Waals surface area (Å²) in [6, 6.07) is 11.5. The molecule has 0 spiro atoms. The summed E-state index contributed by atoms with van der Waals surface area (Å²) in [5.74, 6) is 0. The van der Waals surface area contributed by atoms with Crippen molar-refractivity contribution >= 4 is 11.3 Å². The van der Waals surface area contributed by atoms with Crippen LogP contribution in [0.15, 0.2) is 46.6 Å². The van der Waals surface area contributed by atoms with Gasteiger partial charge in [-0.25, -0.2) is 9.78 Å². The molecule has 0 fully saturated rings. The number of hydrogen-bond acceptors (Lipinski definition) is 7. The Bertz CT molecular complexity index is 1190. The molecule has 0 unspecified atom stereocenters. The quantitative estimate of drug-likeness (QED) is 0.517. The van der Waals surface area contributed by atoms with Gasteiger partial charge in [-0.05, 0) is 48.0 Å². The number of thiazole rings is 1. The second-order valence-corrected chi connectivity index (χ2v) is 7.14. The molecule has 0 saturated carbocycles. The third-order valence-electron chi connectivity index (χ3n) is 4.31. The highest BCUT2D eigenvalue weighted by Gasteiger charge is 2.14. The molecule has 0 amide bonds. The summed E-state index contributed by atoms with van der Waals surface area (Å²) in [4.78, 5) is 21.2. The van der Waals surface area contributed by atoms with Crippen molar-refractivity contribution in [2.45, 2.75) is 20.5 Å². The maximum Gasteiger partial charge on any atom is 0.368 e. The average molecular weight is 394 g/mol. The number of pyridine rings is 1. The van der Waals surface area contributed by atoms with E-state index in [1.807, 2.05) is 55.6 Å². The summed E-state index contributed by atoms with van der Waals surface area (Å²) >= 11 is 1.41. The van der Waals surface area contributed by atoms with Crippen molar-refractivity contribution in [1.82, 2.24) is 29.8 Å². The molecule has 1 aromatic carbocycles. The highest BCUT2D eigenvalue weighted by Crippen LogP contribution is 2.27. The Morgan fingerprint density at radius 2 is 1.86 bits per heavy atom. The second kappa shape index (κ2) is 7.35. The molecule has 0 aliphatic carbocycles. The van der Waals surface area contributed by atoms with Crippen molar-refractivity contribution in [3.63, 3.8) is 0 Å². The molecule has 0 bridgehead atoms. The van der Waals surface area contributed by atoms with Gasteiger partial charge < -0.3 is 4.74 Å². The van der Waals surface area contributed by atoms with E-state index in [-0.39, 0.29) is 12.3 Å². The van der Waals surface area contributed by atoms with Crippen LogP contribution in [0.4, 0.5) is 0 Å². The predicted octanol–water partition coefficient (Wildman–Crippen LogP) is 2.68. The lowest BCUT2D eigenvalue weighted by Crippen LogP contribution is -2.23. The van der Waals surface area contributed by atoms with Crippen LogP contribution in [0.2, 0.25) is 0 Å². The third-order valence-corrected chi connectivity index (χ3v) is 5.06.